The van der Waals surface area contributed by atoms with Crippen molar-refractivity contribution in [2.24, 2.45) is 0 Å². The lowest BCUT2D eigenvalue weighted by molar-refractivity contribution is 0.883. The molecule has 0 nitrogen and oxygen atoms in total. The summed E-state index contributed by atoms with van der Waals surface area (Å²) < 4.78 is 0. The van der Waals surface area contributed by atoms with Gasteiger partial charge in [-0.25, -0.2) is 0 Å². The Kier molecular flexibility index (Phi) is 7.68. The summed E-state index contributed by atoms with van der Waals surface area (Å²) in [5.74, 6) is 0. The van der Waals surface area contributed by atoms with Crippen LogP contribution in [0, 0.1) is 0 Å². The maximum atomic E-state index is 2.32. The summed E-state index contributed by atoms with van der Waals surface area (Å²) in [5.41, 5.74) is 2.32. The summed E-state index contributed by atoms with van der Waals surface area (Å²) in [4.78, 5) is 0. The third-order valence-corrected chi connectivity index (χ3v) is 2.40. The molecule has 0 aliphatic rings. The number of unbranched alkanes of at least 4 members (excludes halogenated alkanes) is 1. The minimum absolute atomic E-state index is 0.606. The van der Waals surface area contributed by atoms with Crippen LogP contribution in [0.5, 0.6) is 0 Å². The van der Waals surface area contributed by atoms with E-state index in [0.717, 1.165) is 0 Å². The van der Waals surface area contributed by atoms with Crippen molar-refractivity contribution in [1.29, 1.82) is 0 Å². The minimum atomic E-state index is 0.606. The van der Waals surface area contributed by atoms with E-state index in [4.69, 9.17) is 0 Å². The van der Waals surface area contributed by atoms with Gasteiger partial charge in [-0.15, -0.1) is 0 Å². The second-order valence-corrected chi connectivity index (χ2v) is 3.53. The van der Waals surface area contributed by atoms with E-state index < -0.39 is 0 Å². The second kappa shape index (κ2) is 7.83. The Labute approximate surface area is 60.4 Å². The maximum absolute atomic E-state index is 2.32. The van der Waals surface area contributed by atoms with Crippen molar-refractivity contribution in [3.63, 3.8) is 0 Å². The number of hydrogen-bond acceptors (Lipinski definition) is 0. The van der Waals surface area contributed by atoms with E-state index in [1.54, 1.807) is 0 Å². The first-order chi connectivity index (χ1) is 4.41. The molecule has 0 heterocycles. The second-order valence-electron chi connectivity index (χ2n) is 2.10. The van der Waals surface area contributed by atoms with Crippen LogP contribution >= 0.6 is 0 Å². The fraction of sp³-hybridized carbons (Fsp3) is 0.625. The Balaban J connectivity index is 3.04. The van der Waals surface area contributed by atoms with Gasteiger partial charge in [0.25, 0.3) is 0 Å². The molecule has 1 heteroatoms. The van der Waals surface area contributed by atoms with Crippen molar-refractivity contribution in [2.75, 3.05) is 0 Å². The molecule has 0 fully saturated rings. The molecule has 0 amide bonds. The molecule has 52 valence electrons. The smallest absolute Gasteiger partial charge is 0.00684 e. The van der Waals surface area contributed by atoms with Crippen LogP contribution in [0.25, 0.3) is 0 Å². The highest BCUT2D eigenvalue weighted by molar-refractivity contribution is 6.49. The highest BCUT2D eigenvalue weighted by Crippen LogP contribution is 1.88. The van der Waals surface area contributed by atoms with Crippen LogP contribution in [0.3, 0.4) is 0 Å². The Hall–Kier alpha value is -0.173. The molecule has 0 aromatic heterocycles. The van der Waals surface area contributed by atoms with Gasteiger partial charge in [-0.05, 0) is 22.1 Å². The van der Waals surface area contributed by atoms with E-state index in [2.05, 4.69) is 31.7 Å². The van der Waals surface area contributed by atoms with E-state index in [1.807, 2.05) is 0 Å². The van der Waals surface area contributed by atoms with Gasteiger partial charge in [0.15, 0.2) is 0 Å². The van der Waals surface area contributed by atoms with Crippen LogP contribution in [0.4, 0.5) is 0 Å². The molecular weight excluding hydrogens is 124 g/mol. The molecular formula is C8H16Si. The predicted molar refractivity (Wildman–Crippen MR) is 47.7 cm³/mol. The SMILES string of the molecule is CC=CC=[SiH]CCCC. The molecule has 0 aliphatic carbocycles. The normalized spacial score (nSPS) is 11.8. The minimum Gasteiger partial charge on any atom is -0.0881 e. The van der Waals surface area contributed by atoms with Crippen LogP contribution in [0.15, 0.2) is 12.2 Å². The monoisotopic (exact) mass is 140 g/mol. The molecule has 0 N–H and O–H groups in total. The highest BCUT2D eigenvalue weighted by Gasteiger charge is 1.74. The topological polar surface area (TPSA) is 0 Å². The van der Waals surface area contributed by atoms with Gasteiger partial charge < -0.3 is 0 Å². The summed E-state index contributed by atoms with van der Waals surface area (Å²) in [6, 6.07) is 1.43. The molecule has 0 saturated heterocycles. The van der Waals surface area contributed by atoms with Gasteiger partial charge in [-0.2, -0.15) is 0 Å². The van der Waals surface area contributed by atoms with E-state index in [9.17, 15) is 0 Å². The standard InChI is InChI=1S/C8H16Si/c1-3-5-7-9-8-6-4-2/h3,5,7,9H,4,6,8H2,1-2H3. The van der Waals surface area contributed by atoms with Crippen molar-refractivity contribution in [3.8, 4) is 0 Å². The Bertz CT molecular complexity index is 92.7. The number of allylic oxidation sites excluding steroid dienone is 2. The molecule has 0 saturated carbocycles. The number of hydrogen-bond donors (Lipinski definition) is 0. The average molecular weight is 140 g/mol. The Morgan fingerprint density at radius 1 is 1.44 bits per heavy atom. The highest BCUT2D eigenvalue weighted by atomic mass is 28.2. The van der Waals surface area contributed by atoms with E-state index in [1.165, 1.54) is 18.9 Å². The van der Waals surface area contributed by atoms with Gasteiger partial charge in [0.05, 0.1) is 0 Å². The van der Waals surface area contributed by atoms with Crippen molar-refractivity contribution in [1.82, 2.24) is 0 Å². The lowest BCUT2D eigenvalue weighted by Gasteiger charge is -1.84. The summed E-state index contributed by atoms with van der Waals surface area (Å²) >= 11 is 0. The zero-order valence-corrected chi connectivity index (χ0v) is 7.59. The molecule has 0 atom stereocenters. The maximum Gasteiger partial charge on any atom is -0.00684 e. The average Bonchev–Trinajstić information content (AvgIpc) is 1.89. The molecule has 0 aromatic carbocycles. The zero-order valence-electron chi connectivity index (χ0n) is 6.43. The van der Waals surface area contributed by atoms with Crippen molar-refractivity contribution in [3.05, 3.63) is 12.2 Å². The fourth-order valence-electron chi connectivity index (χ4n) is 0.608. The lowest BCUT2D eigenvalue weighted by Crippen LogP contribution is -1.79. The van der Waals surface area contributed by atoms with Crippen LogP contribution in [0.2, 0.25) is 6.04 Å². The van der Waals surface area contributed by atoms with E-state index >= 15 is 0 Å². The molecule has 0 unspecified atom stereocenters. The Morgan fingerprint density at radius 2 is 2.22 bits per heavy atom. The van der Waals surface area contributed by atoms with Crippen molar-refractivity contribution >= 4 is 14.8 Å². The van der Waals surface area contributed by atoms with Crippen molar-refractivity contribution in [2.45, 2.75) is 32.7 Å². The predicted octanol–water partition coefficient (Wildman–Crippen LogP) is 2.02. The van der Waals surface area contributed by atoms with Gasteiger partial charge in [0.1, 0.15) is 0 Å². The molecule has 0 aromatic rings. The third kappa shape index (κ3) is 7.83. The molecule has 0 aliphatic heterocycles. The van der Waals surface area contributed by atoms with Crippen LogP contribution in [-0.2, 0) is 0 Å². The molecule has 0 spiro atoms. The van der Waals surface area contributed by atoms with Crippen LogP contribution in [0.1, 0.15) is 26.7 Å². The lowest BCUT2D eigenvalue weighted by atomic mass is 10.4. The summed E-state index contributed by atoms with van der Waals surface area (Å²) in [7, 11) is 0.606. The largest absolute Gasteiger partial charge is 0.0881 e. The van der Waals surface area contributed by atoms with Crippen LogP contribution < -0.4 is 0 Å². The van der Waals surface area contributed by atoms with Crippen LogP contribution in [-0.4, -0.2) is 14.8 Å². The van der Waals surface area contributed by atoms with Crippen molar-refractivity contribution < 1.29 is 0 Å². The first-order valence-corrected chi connectivity index (χ1v) is 5.18. The van der Waals surface area contributed by atoms with Gasteiger partial charge >= 0.3 is 0 Å². The summed E-state index contributed by atoms with van der Waals surface area (Å²) in [6.45, 7) is 4.31. The molecule has 9 heavy (non-hydrogen) atoms. The van der Waals surface area contributed by atoms with E-state index in [0.29, 0.717) is 9.13 Å². The molecule has 0 rings (SSSR count). The summed E-state index contributed by atoms with van der Waals surface area (Å²) in [5, 5.41) is 0. The molecule has 0 radical (unpaired) electrons. The number of rotatable bonds is 4. The van der Waals surface area contributed by atoms with Gasteiger partial charge in [0, 0.05) is 0 Å². The third-order valence-electron chi connectivity index (χ3n) is 1.16. The van der Waals surface area contributed by atoms with Gasteiger partial charge in [0.2, 0.25) is 0 Å². The summed E-state index contributed by atoms with van der Waals surface area (Å²) in [6.07, 6.45) is 7.00. The Morgan fingerprint density at radius 3 is 2.78 bits per heavy atom. The first-order valence-electron chi connectivity index (χ1n) is 3.69. The zero-order chi connectivity index (χ0) is 6.95. The van der Waals surface area contributed by atoms with Gasteiger partial charge in [-0.3, -0.25) is 0 Å². The first kappa shape index (κ1) is 8.83. The van der Waals surface area contributed by atoms with E-state index in [-0.39, 0.29) is 0 Å². The fourth-order valence-corrected chi connectivity index (χ4v) is 1.82. The molecule has 0 bridgehead atoms. The van der Waals surface area contributed by atoms with Gasteiger partial charge in [-0.1, -0.05) is 37.6 Å². The quantitative estimate of drug-likeness (QED) is 0.414.